The van der Waals surface area contributed by atoms with Crippen LogP contribution < -0.4 is 15.1 Å². The third kappa shape index (κ3) is 4.38. The van der Waals surface area contributed by atoms with Gasteiger partial charge in [-0.3, -0.25) is 19.8 Å². The standard InChI is InChI=1S/C24H25N3O3S/c1-3-17-4-7-19(8-5-17)27-23(29)21(22(28)25-24(27)31)15-18-6-9-20(14-16(18)2)26-10-12-30-13-11-26/h4-9,14-15H,3,10-13H2,1-2H3,(H,25,28,31)/b21-15+. The molecule has 1 N–H and O–H groups in total. The predicted molar refractivity (Wildman–Crippen MR) is 126 cm³/mol. The molecule has 0 bridgehead atoms. The van der Waals surface area contributed by atoms with Gasteiger partial charge in [-0.2, -0.15) is 0 Å². The second-order valence-electron chi connectivity index (χ2n) is 7.62. The van der Waals surface area contributed by atoms with E-state index >= 15 is 0 Å². The van der Waals surface area contributed by atoms with Crippen molar-refractivity contribution in [2.75, 3.05) is 36.1 Å². The minimum absolute atomic E-state index is 0.0652. The molecule has 6 nitrogen and oxygen atoms in total. The van der Waals surface area contributed by atoms with E-state index in [9.17, 15) is 9.59 Å². The molecule has 0 unspecified atom stereocenters. The van der Waals surface area contributed by atoms with Gasteiger partial charge < -0.3 is 9.64 Å². The average Bonchev–Trinajstić information content (AvgIpc) is 2.78. The SMILES string of the molecule is CCc1ccc(N2C(=O)/C(=C/c3ccc(N4CCOCC4)cc3C)C(=O)NC2=S)cc1. The quantitative estimate of drug-likeness (QED) is 0.454. The van der Waals surface area contributed by atoms with Crippen molar-refractivity contribution < 1.29 is 14.3 Å². The van der Waals surface area contributed by atoms with Crippen molar-refractivity contribution in [1.29, 1.82) is 0 Å². The first-order valence-electron chi connectivity index (χ1n) is 10.4. The molecule has 2 aromatic carbocycles. The van der Waals surface area contributed by atoms with Crippen LogP contribution >= 0.6 is 12.2 Å². The minimum atomic E-state index is -0.479. The first-order chi connectivity index (χ1) is 15.0. The maximum absolute atomic E-state index is 13.2. The van der Waals surface area contributed by atoms with Gasteiger partial charge in [-0.25, -0.2) is 0 Å². The number of nitrogens with one attached hydrogen (secondary N) is 1. The molecule has 2 fully saturated rings. The normalized spacial score (nSPS) is 18.5. The van der Waals surface area contributed by atoms with E-state index in [0.29, 0.717) is 18.9 Å². The molecule has 0 atom stereocenters. The van der Waals surface area contributed by atoms with Gasteiger partial charge in [-0.1, -0.05) is 25.1 Å². The van der Waals surface area contributed by atoms with Crippen LogP contribution in [0.5, 0.6) is 0 Å². The Bertz CT molecular complexity index is 1060. The number of morpholine rings is 1. The van der Waals surface area contributed by atoms with E-state index < -0.39 is 11.8 Å². The Morgan fingerprint density at radius 1 is 1.06 bits per heavy atom. The van der Waals surface area contributed by atoms with Gasteiger partial charge in [0.1, 0.15) is 5.57 Å². The second kappa shape index (κ2) is 8.99. The Kier molecular flexibility index (Phi) is 6.15. The number of thiocarbonyl (C=S) groups is 1. The van der Waals surface area contributed by atoms with E-state index in [4.69, 9.17) is 17.0 Å². The number of ether oxygens (including phenoxy) is 1. The van der Waals surface area contributed by atoms with Gasteiger partial charge in [0, 0.05) is 18.8 Å². The van der Waals surface area contributed by atoms with Gasteiger partial charge in [-0.05, 0) is 72.6 Å². The molecule has 4 rings (SSSR count). The summed E-state index contributed by atoms with van der Waals surface area (Å²) in [6.07, 6.45) is 2.55. The molecule has 2 aliphatic heterocycles. The molecule has 2 heterocycles. The second-order valence-corrected chi connectivity index (χ2v) is 8.00. The van der Waals surface area contributed by atoms with Gasteiger partial charge in [0.05, 0.1) is 18.9 Å². The summed E-state index contributed by atoms with van der Waals surface area (Å²) in [5, 5.41) is 2.74. The summed E-state index contributed by atoms with van der Waals surface area (Å²) in [6.45, 7) is 7.18. The van der Waals surface area contributed by atoms with Crippen molar-refractivity contribution in [3.63, 3.8) is 0 Å². The molecule has 2 amide bonds. The molecule has 31 heavy (non-hydrogen) atoms. The van der Waals surface area contributed by atoms with Crippen LogP contribution in [0.2, 0.25) is 0 Å². The van der Waals surface area contributed by atoms with Crippen LogP contribution in [0.4, 0.5) is 11.4 Å². The number of amides is 2. The monoisotopic (exact) mass is 435 g/mol. The van der Waals surface area contributed by atoms with Gasteiger partial charge in [0.25, 0.3) is 11.8 Å². The number of hydrogen-bond acceptors (Lipinski definition) is 5. The number of anilines is 2. The fourth-order valence-electron chi connectivity index (χ4n) is 3.77. The summed E-state index contributed by atoms with van der Waals surface area (Å²) in [6, 6.07) is 13.7. The van der Waals surface area contributed by atoms with Gasteiger partial charge in [0.2, 0.25) is 0 Å². The minimum Gasteiger partial charge on any atom is -0.378 e. The Balaban J connectivity index is 1.63. The van der Waals surface area contributed by atoms with Crippen LogP contribution in [0.25, 0.3) is 6.08 Å². The summed E-state index contributed by atoms with van der Waals surface area (Å²) in [7, 11) is 0. The molecule has 0 spiro atoms. The third-order valence-corrected chi connectivity index (χ3v) is 5.92. The molecule has 160 valence electrons. The van der Waals surface area contributed by atoms with E-state index in [0.717, 1.165) is 41.9 Å². The number of benzene rings is 2. The Labute approximate surface area is 187 Å². The Morgan fingerprint density at radius 2 is 1.74 bits per heavy atom. The van der Waals surface area contributed by atoms with Crippen LogP contribution in [0.1, 0.15) is 23.6 Å². The number of carbonyl (C=O) groups is 2. The maximum atomic E-state index is 13.2. The van der Waals surface area contributed by atoms with E-state index in [1.807, 2.05) is 43.3 Å². The summed E-state index contributed by atoms with van der Waals surface area (Å²) in [4.78, 5) is 29.4. The molecular weight excluding hydrogens is 410 g/mol. The van der Waals surface area contributed by atoms with Crippen LogP contribution in [-0.2, 0) is 20.7 Å². The van der Waals surface area contributed by atoms with Crippen LogP contribution in [0.3, 0.4) is 0 Å². The highest BCUT2D eigenvalue weighted by atomic mass is 32.1. The van der Waals surface area contributed by atoms with Crippen LogP contribution in [0, 0.1) is 6.92 Å². The van der Waals surface area contributed by atoms with Crippen molar-refractivity contribution in [3.05, 3.63) is 64.7 Å². The summed E-state index contributed by atoms with van der Waals surface area (Å²) >= 11 is 5.29. The number of hydrogen-bond donors (Lipinski definition) is 1. The number of aryl methyl sites for hydroxylation is 2. The van der Waals surface area contributed by atoms with E-state index in [1.54, 1.807) is 6.08 Å². The van der Waals surface area contributed by atoms with Crippen LogP contribution in [-0.4, -0.2) is 43.2 Å². The topological polar surface area (TPSA) is 61.9 Å². The molecule has 2 aromatic rings. The highest BCUT2D eigenvalue weighted by Gasteiger charge is 2.34. The zero-order chi connectivity index (χ0) is 22.0. The van der Waals surface area contributed by atoms with Crippen LogP contribution in [0.15, 0.2) is 48.0 Å². The van der Waals surface area contributed by atoms with Crippen molar-refractivity contribution >= 4 is 46.6 Å². The molecule has 0 saturated carbocycles. The fraction of sp³-hybridized carbons (Fsp3) is 0.292. The lowest BCUT2D eigenvalue weighted by Gasteiger charge is -2.30. The van der Waals surface area contributed by atoms with Gasteiger partial charge in [-0.15, -0.1) is 0 Å². The molecule has 2 aliphatic rings. The summed E-state index contributed by atoms with van der Waals surface area (Å²) in [5.41, 5.74) is 4.79. The fourth-order valence-corrected chi connectivity index (χ4v) is 4.05. The van der Waals surface area contributed by atoms with E-state index in [-0.39, 0.29) is 10.7 Å². The largest absolute Gasteiger partial charge is 0.378 e. The summed E-state index contributed by atoms with van der Waals surface area (Å²) < 4.78 is 5.42. The number of carbonyl (C=O) groups excluding carboxylic acids is 2. The lowest BCUT2D eigenvalue weighted by atomic mass is 10.0. The summed E-state index contributed by atoms with van der Waals surface area (Å²) in [5.74, 6) is -0.900. The van der Waals surface area contributed by atoms with Crippen molar-refractivity contribution in [2.45, 2.75) is 20.3 Å². The lowest BCUT2D eigenvalue weighted by molar-refractivity contribution is -0.122. The predicted octanol–water partition coefficient (Wildman–Crippen LogP) is 3.23. The molecule has 2 saturated heterocycles. The molecule has 0 radical (unpaired) electrons. The first-order valence-corrected chi connectivity index (χ1v) is 10.8. The van der Waals surface area contributed by atoms with E-state index in [1.165, 1.54) is 4.90 Å². The lowest BCUT2D eigenvalue weighted by Crippen LogP contribution is -2.54. The maximum Gasteiger partial charge on any atom is 0.270 e. The Morgan fingerprint density at radius 3 is 2.39 bits per heavy atom. The third-order valence-electron chi connectivity index (χ3n) is 5.63. The highest BCUT2D eigenvalue weighted by Crippen LogP contribution is 2.25. The number of rotatable bonds is 4. The molecular formula is C24H25N3O3S. The van der Waals surface area contributed by atoms with E-state index in [2.05, 4.69) is 23.2 Å². The number of nitrogens with zero attached hydrogens (tertiary/aromatic N) is 2. The van der Waals surface area contributed by atoms with Gasteiger partial charge >= 0.3 is 0 Å². The molecule has 7 heteroatoms. The molecule has 0 aromatic heterocycles. The molecule has 0 aliphatic carbocycles. The highest BCUT2D eigenvalue weighted by molar-refractivity contribution is 7.80. The zero-order valence-electron chi connectivity index (χ0n) is 17.7. The van der Waals surface area contributed by atoms with Gasteiger partial charge in [0.15, 0.2) is 5.11 Å². The van der Waals surface area contributed by atoms with Crippen molar-refractivity contribution in [2.24, 2.45) is 0 Å². The first kappa shape index (κ1) is 21.2. The average molecular weight is 436 g/mol. The van der Waals surface area contributed by atoms with Crippen molar-refractivity contribution in [1.82, 2.24) is 5.32 Å². The van der Waals surface area contributed by atoms with Crippen molar-refractivity contribution in [3.8, 4) is 0 Å². The Hall–Kier alpha value is -3.03. The smallest absolute Gasteiger partial charge is 0.270 e. The zero-order valence-corrected chi connectivity index (χ0v) is 18.5.